The standard InChI is InChI=1S/C12H19NO2/c1-8-6-10(7-9(2)12(8)15)11(13)4-3-5-14/h6-7,11,14-15H,3-5,13H2,1-2H3/t11-/m0/s1. The second-order valence-electron chi connectivity index (χ2n) is 3.98. The van der Waals surface area contributed by atoms with Gasteiger partial charge in [-0.3, -0.25) is 0 Å². The molecule has 0 unspecified atom stereocenters. The molecule has 0 spiro atoms. The van der Waals surface area contributed by atoms with Crippen molar-refractivity contribution >= 4 is 0 Å². The Morgan fingerprint density at radius 3 is 2.27 bits per heavy atom. The van der Waals surface area contributed by atoms with E-state index >= 15 is 0 Å². The number of benzene rings is 1. The molecule has 1 atom stereocenters. The van der Waals surface area contributed by atoms with Gasteiger partial charge >= 0.3 is 0 Å². The molecule has 0 heterocycles. The summed E-state index contributed by atoms with van der Waals surface area (Å²) < 4.78 is 0. The van der Waals surface area contributed by atoms with Gasteiger partial charge in [-0.2, -0.15) is 0 Å². The molecular formula is C12H19NO2. The van der Waals surface area contributed by atoms with Crippen LogP contribution >= 0.6 is 0 Å². The Labute approximate surface area is 90.5 Å². The fourth-order valence-corrected chi connectivity index (χ4v) is 1.68. The quantitative estimate of drug-likeness (QED) is 0.708. The van der Waals surface area contributed by atoms with Gasteiger partial charge in [-0.05, 0) is 43.4 Å². The number of hydrogen-bond acceptors (Lipinski definition) is 3. The second kappa shape index (κ2) is 5.14. The highest BCUT2D eigenvalue weighted by atomic mass is 16.3. The van der Waals surface area contributed by atoms with Crippen LogP contribution in [-0.2, 0) is 0 Å². The zero-order valence-corrected chi connectivity index (χ0v) is 9.33. The Balaban J connectivity index is 2.86. The molecule has 0 radical (unpaired) electrons. The number of rotatable bonds is 4. The van der Waals surface area contributed by atoms with Crippen LogP contribution in [0.5, 0.6) is 5.75 Å². The first-order valence-electron chi connectivity index (χ1n) is 5.22. The highest BCUT2D eigenvalue weighted by molar-refractivity contribution is 5.43. The van der Waals surface area contributed by atoms with Gasteiger partial charge in [0.1, 0.15) is 5.75 Å². The fourth-order valence-electron chi connectivity index (χ4n) is 1.68. The first-order chi connectivity index (χ1) is 7.06. The maximum atomic E-state index is 9.61. The Morgan fingerprint density at radius 2 is 1.80 bits per heavy atom. The molecule has 0 bridgehead atoms. The molecule has 3 heteroatoms. The number of nitrogens with two attached hydrogens (primary N) is 1. The number of aliphatic hydroxyl groups is 1. The third-order valence-electron chi connectivity index (χ3n) is 2.61. The van der Waals surface area contributed by atoms with Crippen molar-refractivity contribution in [3.8, 4) is 5.75 Å². The highest BCUT2D eigenvalue weighted by Gasteiger charge is 2.09. The minimum atomic E-state index is -0.0600. The van der Waals surface area contributed by atoms with Crippen LogP contribution in [0.3, 0.4) is 0 Å². The van der Waals surface area contributed by atoms with Gasteiger partial charge in [-0.15, -0.1) is 0 Å². The molecule has 1 aromatic carbocycles. The normalized spacial score (nSPS) is 12.8. The molecule has 0 aromatic heterocycles. The predicted molar refractivity (Wildman–Crippen MR) is 60.8 cm³/mol. The SMILES string of the molecule is Cc1cc([C@@H](N)CCCO)cc(C)c1O. The minimum absolute atomic E-state index is 0.0600. The van der Waals surface area contributed by atoms with E-state index in [1.54, 1.807) is 0 Å². The molecule has 15 heavy (non-hydrogen) atoms. The average Bonchev–Trinajstić information content (AvgIpc) is 2.21. The van der Waals surface area contributed by atoms with E-state index in [0.29, 0.717) is 12.2 Å². The fraction of sp³-hybridized carbons (Fsp3) is 0.500. The largest absolute Gasteiger partial charge is 0.507 e. The molecule has 4 N–H and O–H groups in total. The Hall–Kier alpha value is -1.06. The zero-order chi connectivity index (χ0) is 11.4. The zero-order valence-electron chi connectivity index (χ0n) is 9.33. The first-order valence-corrected chi connectivity index (χ1v) is 5.22. The predicted octanol–water partition coefficient (Wildman–Crippen LogP) is 1.78. The lowest BCUT2D eigenvalue weighted by atomic mass is 9.98. The van der Waals surface area contributed by atoms with E-state index in [1.165, 1.54) is 0 Å². The van der Waals surface area contributed by atoms with E-state index in [1.807, 2.05) is 26.0 Å². The lowest BCUT2D eigenvalue weighted by Gasteiger charge is -2.14. The van der Waals surface area contributed by atoms with Crippen molar-refractivity contribution in [2.75, 3.05) is 6.61 Å². The van der Waals surface area contributed by atoms with Crippen molar-refractivity contribution in [2.45, 2.75) is 32.7 Å². The molecule has 0 saturated carbocycles. The van der Waals surface area contributed by atoms with Gasteiger partial charge in [0.05, 0.1) is 0 Å². The molecule has 0 saturated heterocycles. The number of hydrogen-bond donors (Lipinski definition) is 3. The molecule has 84 valence electrons. The molecule has 3 nitrogen and oxygen atoms in total. The number of phenols is 1. The number of aliphatic hydroxyl groups excluding tert-OH is 1. The molecule has 0 aliphatic heterocycles. The third kappa shape index (κ3) is 2.94. The Morgan fingerprint density at radius 1 is 1.27 bits per heavy atom. The summed E-state index contributed by atoms with van der Waals surface area (Å²) in [6, 6.07) is 3.75. The van der Waals surface area contributed by atoms with Crippen molar-refractivity contribution in [1.29, 1.82) is 0 Å². The number of aryl methyl sites for hydroxylation is 2. The van der Waals surface area contributed by atoms with Gasteiger partial charge in [0.15, 0.2) is 0 Å². The highest BCUT2D eigenvalue weighted by Crippen LogP contribution is 2.26. The van der Waals surface area contributed by atoms with Gasteiger partial charge in [-0.25, -0.2) is 0 Å². The summed E-state index contributed by atoms with van der Waals surface area (Å²) in [5.41, 5.74) is 8.70. The molecule has 1 rings (SSSR count). The van der Waals surface area contributed by atoms with Crippen molar-refractivity contribution in [3.05, 3.63) is 28.8 Å². The Bertz CT molecular complexity index is 313. The van der Waals surface area contributed by atoms with Crippen LogP contribution < -0.4 is 5.73 Å². The van der Waals surface area contributed by atoms with Crippen LogP contribution in [0, 0.1) is 13.8 Å². The van der Waals surface area contributed by atoms with Crippen LogP contribution in [0.4, 0.5) is 0 Å². The molecule has 0 aliphatic carbocycles. The third-order valence-corrected chi connectivity index (χ3v) is 2.61. The van der Waals surface area contributed by atoms with E-state index in [0.717, 1.165) is 23.1 Å². The minimum Gasteiger partial charge on any atom is -0.507 e. The summed E-state index contributed by atoms with van der Waals surface area (Å²) >= 11 is 0. The van der Waals surface area contributed by atoms with Crippen LogP contribution in [-0.4, -0.2) is 16.8 Å². The number of phenolic OH excluding ortho intramolecular Hbond substituents is 1. The smallest absolute Gasteiger partial charge is 0.121 e. The van der Waals surface area contributed by atoms with Crippen LogP contribution in [0.2, 0.25) is 0 Å². The summed E-state index contributed by atoms with van der Waals surface area (Å²) in [6.07, 6.45) is 1.47. The maximum Gasteiger partial charge on any atom is 0.121 e. The van der Waals surface area contributed by atoms with Crippen LogP contribution in [0.25, 0.3) is 0 Å². The van der Waals surface area contributed by atoms with E-state index < -0.39 is 0 Å². The summed E-state index contributed by atoms with van der Waals surface area (Å²) in [7, 11) is 0. The van der Waals surface area contributed by atoms with E-state index in [9.17, 15) is 5.11 Å². The van der Waals surface area contributed by atoms with Gasteiger partial charge in [0, 0.05) is 12.6 Å². The van der Waals surface area contributed by atoms with Crippen molar-refractivity contribution in [2.24, 2.45) is 5.73 Å². The molecule has 0 aliphatic rings. The summed E-state index contributed by atoms with van der Waals surface area (Å²) in [6.45, 7) is 3.90. The first kappa shape index (κ1) is 12.0. The van der Waals surface area contributed by atoms with E-state index in [-0.39, 0.29) is 12.6 Å². The summed E-state index contributed by atoms with van der Waals surface area (Å²) in [5.74, 6) is 0.341. The van der Waals surface area contributed by atoms with E-state index in [4.69, 9.17) is 10.8 Å². The average molecular weight is 209 g/mol. The topological polar surface area (TPSA) is 66.5 Å². The molecular weight excluding hydrogens is 190 g/mol. The lowest BCUT2D eigenvalue weighted by molar-refractivity contribution is 0.280. The monoisotopic (exact) mass is 209 g/mol. The van der Waals surface area contributed by atoms with Crippen LogP contribution in [0.15, 0.2) is 12.1 Å². The summed E-state index contributed by atoms with van der Waals surface area (Å²) in [5, 5.41) is 18.3. The Kier molecular flexibility index (Phi) is 4.12. The van der Waals surface area contributed by atoms with Crippen LogP contribution in [0.1, 0.15) is 35.6 Å². The van der Waals surface area contributed by atoms with Crippen molar-refractivity contribution < 1.29 is 10.2 Å². The van der Waals surface area contributed by atoms with Gasteiger partial charge in [0.25, 0.3) is 0 Å². The second-order valence-corrected chi connectivity index (χ2v) is 3.98. The van der Waals surface area contributed by atoms with Crippen molar-refractivity contribution in [3.63, 3.8) is 0 Å². The molecule has 0 amide bonds. The summed E-state index contributed by atoms with van der Waals surface area (Å²) in [4.78, 5) is 0. The van der Waals surface area contributed by atoms with Gasteiger partial charge < -0.3 is 15.9 Å². The lowest BCUT2D eigenvalue weighted by Crippen LogP contribution is -2.11. The van der Waals surface area contributed by atoms with E-state index in [2.05, 4.69) is 0 Å². The van der Waals surface area contributed by atoms with Crippen molar-refractivity contribution in [1.82, 2.24) is 0 Å². The van der Waals surface area contributed by atoms with Gasteiger partial charge in [-0.1, -0.05) is 12.1 Å². The molecule has 0 fully saturated rings. The van der Waals surface area contributed by atoms with Gasteiger partial charge in [0.2, 0.25) is 0 Å². The molecule has 1 aromatic rings. The number of aromatic hydroxyl groups is 1. The maximum absolute atomic E-state index is 9.61.